The third-order valence-electron chi connectivity index (χ3n) is 5.46. The maximum absolute atomic E-state index is 12.8. The number of carbonyl (C=O) groups excluding carboxylic acids is 1. The zero-order valence-electron chi connectivity index (χ0n) is 15.6. The van der Waals surface area contributed by atoms with Crippen LogP contribution in [0.1, 0.15) is 17.5 Å². The molecule has 2 aliphatic rings. The minimum Gasteiger partial charge on any atom is -0.311 e. The van der Waals surface area contributed by atoms with Gasteiger partial charge in [-0.3, -0.25) is 9.69 Å². The first-order chi connectivity index (χ1) is 12.6. The van der Waals surface area contributed by atoms with Crippen LogP contribution in [0.4, 0.5) is 5.69 Å². The van der Waals surface area contributed by atoms with E-state index in [1.165, 1.54) is 5.56 Å². The molecule has 1 fully saturated rings. The lowest BCUT2D eigenvalue weighted by Crippen LogP contribution is -2.49. The van der Waals surface area contributed by atoms with Gasteiger partial charge in [-0.05, 0) is 37.6 Å². The first-order valence-corrected chi connectivity index (χ1v) is 10.3. The van der Waals surface area contributed by atoms with Gasteiger partial charge < -0.3 is 9.80 Å². The summed E-state index contributed by atoms with van der Waals surface area (Å²) >= 11 is 1.67. The molecule has 1 amide bonds. The average molecular weight is 371 g/mol. The second-order valence-electron chi connectivity index (χ2n) is 7.10. The number of aromatic nitrogens is 1. The summed E-state index contributed by atoms with van der Waals surface area (Å²) in [5, 5.41) is 3.19. The number of fused-ring (bicyclic) bond motifs is 1. The molecular formula is C20H26N4OS. The van der Waals surface area contributed by atoms with Crippen LogP contribution >= 0.6 is 11.3 Å². The minimum absolute atomic E-state index is 0.228. The molecule has 0 atom stereocenters. The van der Waals surface area contributed by atoms with E-state index in [0.717, 1.165) is 67.6 Å². The molecule has 2 aromatic rings. The molecule has 1 aromatic carbocycles. The SMILES string of the molecule is CCN1CCN(CC(=O)N2CCc3cc(-c4csc(C)n4)ccc32)CC1. The molecule has 4 rings (SSSR count). The molecule has 0 aliphatic carbocycles. The summed E-state index contributed by atoms with van der Waals surface area (Å²) in [5.41, 5.74) is 4.53. The van der Waals surface area contributed by atoms with Gasteiger partial charge in [0.25, 0.3) is 0 Å². The standard InChI is InChI=1S/C20H26N4OS/c1-3-22-8-10-23(11-9-22)13-20(25)24-7-6-17-12-16(4-5-19(17)24)18-14-26-15(2)21-18/h4-5,12,14H,3,6-11,13H2,1-2H3. The van der Waals surface area contributed by atoms with E-state index in [4.69, 9.17) is 0 Å². The van der Waals surface area contributed by atoms with Gasteiger partial charge in [-0.15, -0.1) is 11.3 Å². The third-order valence-corrected chi connectivity index (χ3v) is 6.24. The topological polar surface area (TPSA) is 39.7 Å². The number of thiazole rings is 1. The predicted octanol–water partition coefficient (Wildman–Crippen LogP) is 2.65. The summed E-state index contributed by atoms with van der Waals surface area (Å²) in [7, 11) is 0. The molecule has 0 bridgehead atoms. The smallest absolute Gasteiger partial charge is 0.241 e. The molecule has 3 heterocycles. The molecule has 138 valence electrons. The van der Waals surface area contributed by atoms with Crippen LogP contribution in [0.3, 0.4) is 0 Å². The van der Waals surface area contributed by atoms with Crippen molar-refractivity contribution in [1.29, 1.82) is 0 Å². The van der Waals surface area contributed by atoms with Gasteiger partial charge in [0.15, 0.2) is 0 Å². The number of hydrogen-bond acceptors (Lipinski definition) is 5. The molecule has 0 radical (unpaired) electrons. The fourth-order valence-corrected chi connectivity index (χ4v) is 4.48. The number of piperazine rings is 1. The van der Waals surface area contributed by atoms with E-state index >= 15 is 0 Å². The Hall–Kier alpha value is -1.76. The van der Waals surface area contributed by atoms with Crippen molar-refractivity contribution < 1.29 is 4.79 Å². The number of likely N-dealkylation sites (N-methyl/N-ethyl adjacent to an activating group) is 1. The number of aryl methyl sites for hydroxylation is 1. The Morgan fingerprint density at radius 3 is 2.62 bits per heavy atom. The van der Waals surface area contributed by atoms with Crippen LogP contribution in [-0.4, -0.2) is 66.5 Å². The van der Waals surface area contributed by atoms with Crippen molar-refractivity contribution >= 4 is 22.9 Å². The second kappa shape index (κ2) is 7.47. The lowest BCUT2D eigenvalue weighted by molar-refractivity contribution is -0.120. The quantitative estimate of drug-likeness (QED) is 0.830. The summed E-state index contributed by atoms with van der Waals surface area (Å²) in [4.78, 5) is 24.1. The van der Waals surface area contributed by atoms with Crippen molar-refractivity contribution in [2.24, 2.45) is 0 Å². The molecule has 0 spiro atoms. The van der Waals surface area contributed by atoms with Crippen molar-refractivity contribution in [1.82, 2.24) is 14.8 Å². The largest absolute Gasteiger partial charge is 0.311 e. The first kappa shape index (κ1) is 17.6. The van der Waals surface area contributed by atoms with E-state index in [-0.39, 0.29) is 5.91 Å². The zero-order chi connectivity index (χ0) is 18.1. The molecule has 1 saturated heterocycles. The summed E-state index contributed by atoms with van der Waals surface area (Å²) < 4.78 is 0. The summed E-state index contributed by atoms with van der Waals surface area (Å²) in [6.07, 6.45) is 0.932. The van der Waals surface area contributed by atoms with E-state index < -0.39 is 0 Å². The average Bonchev–Trinajstić information content (AvgIpc) is 3.28. The van der Waals surface area contributed by atoms with Crippen LogP contribution in [0.15, 0.2) is 23.6 Å². The molecule has 0 unspecified atom stereocenters. The van der Waals surface area contributed by atoms with E-state index in [2.05, 4.69) is 45.3 Å². The molecule has 1 aromatic heterocycles. The highest BCUT2D eigenvalue weighted by molar-refractivity contribution is 7.09. The maximum Gasteiger partial charge on any atom is 0.241 e. The summed E-state index contributed by atoms with van der Waals surface area (Å²) in [6.45, 7) is 10.8. The highest BCUT2D eigenvalue weighted by Crippen LogP contribution is 2.32. The highest BCUT2D eigenvalue weighted by atomic mass is 32.1. The van der Waals surface area contributed by atoms with Crippen LogP contribution < -0.4 is 4.90 Å². The zero-order valence-corrected chi connectivity index (χ0v) is 16.4. The lowest BCUT2D eigenvalue weighted by atomic mass is 10.1. The Kier molecular flexibility index (Phi) is 5.07. The van der Waals surface area contributed by atoms with Gasteiger partial charge in [0.1, 0.15) is 0 Å². The Balaban J connectivity index is 1.43. The van der Waals surface area contributed by atoms with E-state index in [0.29, 0.717) is 6.54 Å². The molecular weight excluding hydrogens is 344 g/mol. The van der Waals surface area contributed by atoms with E-state index in [1.807, 2.05) is 11.8 Å². The summed E-state index contributed by atoms with van der Waals surface area (Å²) in [5.74, 6) is 0.228. The lowest BCUT2D eigenvalue weighted by Gasteiger charge is -2.34. The number of benzene rings is 1. The van der Waals surface area contributed by atoms with Crippen molar-refractivity contribution in [3.8, 4) is 11.3 Å². The third kappa shape index (κ3) is 3.54. The molecule has 26 heavy (non-hydrogen) atoms. The minimum atomic E-state index is 0.228. The van der Waals surface area contributed by atoms with E-state index in [9.17, 15) is 4.79 Å². The maximum atomic E-state index is 12.8. The molecule has 5 nitrogen and oxygen atoms in total. The molecule has 2 aliphatic heterocycles. The molecule has 0 N–H and O–H groups in total. The number of carbonyl (C=O) groups is 1. The van der Waals surface area contributed by atoms with Gasteiger partial charge in [-0.25, -0.2) is 4.98 Å². The Bertz CT molecular complexity index is 795. The van der Waals surface area contributed by atoms with Crippen LogP contribution in [0, 0.1) is 6.92 Å². The second-order valence-corrected chi connectivity index (χ2v) is 8.16. The van der Waals surface area contributed by atoms with Crippen LogP contribution in [-0.2, 0) is 11.2 Å². The van der Waals surface area contributed by atoms with Crippen molar-refractivity contribution in [3.63, 3.8) is 0 Å². The number of hydrogen-bond donors (Lipinski definition) is 0. The Morgan fingerprint density at radius 1 is 1.15 bits per heavy atom. The van der Waals surface area contributed by atoms with Crippen molar-refractivity contribution in [2.45, 2.75) is 20.3 Å². The number of anilines is 1. The van der Waals surface area contributed by atoms with Gasteiger partial charge in [-0.1, -0.05) is 13.0 Å². The van der Waals surface area contributed by atoms with Crippen molar-refractivity contribution in [3.05, 3.63) is 34.2 Å². The van der Waals surface area contributed by atoms with Crippen LogP contribution in [0.5, 0.6) is 0 Å². The first-order valence-electron chi connectivity index (χ1n) is 9.44. The fourth-order valence-electron chi connectivity index (χ4n) is 3.86. The Morgan fingerprint density at radius 2 is 1.92 bits per heavy atom. The fraction of sp³-hybridized carbons (Fsp3) is 0.500. The van der Waals surface area contributed by atoms with Gasteiger partial charge >= 0.3 is 0 Å². The normalized spacial score (nSPS) is 18.3. The van der Waals surface area contributed by atoms with Gasteiger partial charge in [0.2, 0.25) is 5.91 Å². The molecule has 0 saturated carbocycles. The van der Waals surface area contributed by atoms with Gasteiger partial charge in [-0.2, -0.15) is 0 Å². The van der Waals surface area contributed by atoms with Gasteiger partial charge in [0.05, 0.1) is 17.2 Å². The predicted molar refractivity (Wildman–Crippen MR) is 107 cm³/mol. The number of amides is 1. The highest BCUT2D eigenvalue weighted by Gasteiger charge is 2.27. The summed E-state index contributed by atoms with van der Waals surface area (Å²) in [6, 6.07) is 6.40. The van der Waals surface area contributed by atoms with Crippen LogP contribution in [0.2, 0.25) is 0 Å². The van der Waals surface area contributed by atoms with Crippen molar-refractivity contribution in [2.75, 3.05) is 50.7 Å². The number of nitrogens with zero attached hydrogens (tertiary/aromatic N) is 4. The van der Waals surface area contributed by atoms with E-state index in [1.54, 1.807) is 11.3 Å². The molecule has 6 heteroatoms. The monoisotopic (exact) mass is 370 g/mol. The van der Waals surface area contributed by atoms with Crippen LogP contribution in [0.25, 0.3) is 11.3 Å². The Labute approximate surface area is 159 Å². The van der Waals surface area contributed by atoms with Gasteiger partial charge in [0, 0.05) is 49.4 Å². The number of rotatable bonds is 4.